The van der Waals surface area contributed by atoms with Crippen molar-refractivity contribution < 1.29 is 28.6 Å². The van der Waals surface area contributed by atoms with Crippen LogP contribution in [0.4, 0.5) is 0 Å². The molecule has 6 nitrogen and oxygen atoms in total. The first-order valence-electron chi connectivity index (χ1n) is 30.7. The Balaban J connectivity index is 4.19. The van der Waals surface area contributed by atoms with Crippen molar-refractivity contribution in [3.63, 3.8) is 0 Å². The van der Waals surface area contributed by atoms with Gasteiger partial charge in [-0.15, -0.1) is 0 Å². The van der Waals surface area contributed by atoms with Crippen LogP contribution in [0.2, 0.25) is 0 Å². The first-order chi connectivity index (χ1) is 37.0. The fourth-order valence-electron chi connectivity index (χ4n) is 8.12. The minimum absolute atomic E-state index is 0.0963. The van der Waals surface area contributed by atoms with Gasteiger partial charge in [-0.1, -0.05) is 264 Å². The zero-order valence-electron chi connectivity index (χ0n) is 48.5. The SMILES string of the molecule is CC/C=C\C/C=C\C/C=C\C/C=C\C/C=C\C/C=C\C/C=C\CCCCCCCCCCCCCC(=O)OCC(COC(=O)CCCCCCCCCCC)OC(=O)CCCC/C=C\C/C=C\C/C=C\C/C=C\CC. The average Bonchev–Trinajstić information content (AvgIpc) is 3.41. The van der Waals surface area contributed by atoms with Crippen molar-refractivity contribution in [1.29, 1.82) is 0 Å². The lowest BCUT2D eigenvalue weighted by Crippen LogP contribution is -2.30. The molecule has 0 rings (SSSR count). The Morgan fingerprint density at radius 3 is 0.840 bits per heavy atom. The zero-order chi connectivity index (χ0) is 54.3. The predicted octanol–water partition coefficient (Wildman–Crippen LogP) is 21.0. The highest BCUT2D eigenvalue weighted by Gasteiger charge is 2.19. The molecule has 0 N–H and O–H groups in total. The van der Waals surface area contributed by atoms with Gasteiger partial charge in [-0.05, 0) is 116 Å². The smallest absolute Gasteiger partial charge is 0.306 e. The van der Waals surface area contributed by atoms with Crippen LogP contribution < -0.4 is 0 Å². The Kier molecular flexibility index (Phi) is 58.4. The lowest BCUT2D eigenvalue weighted by atomic mass is 10.0. The van der Waals surface area contributed by atoms with E-state index in [1.807, 2.05) is 0 Å². The van der Waals surface area contributed by atoms with Crippen LogP contribution in [-0.2, 0) is 28.6 Å². The van der Waals surface area contributed by atoms with Gasteiger partial charge < -0.3 is 14.2 Å². The van der Waals surface area contributed by atoms with Crippen molar-refractivity contribution >= 4 is 17.9 Å². The molecule has 0 amide bonds. The van der Waals surface area contributed by atoms with Crippen LogP contribution in [-0.4, -0.2) is 37.2 Å². The number of ether oxygens (including phenoxy) is 3. The van der Waals surface area contributed by atoms with E-state index in [0.29, 0.717) is 19.3 Å². The number of hydrogen-bond donors (Lipinski definition) is 0. The summed E-state index contributed by atoms with van der Waals surface area (Å²) in [5, 5.41) is 0. The second kappa shape index (κ2) is 62.1. The summed E-state index contributed by atoms with van der Waals surface area (Å²) in [6, 6.07) is 0. The molecule has 0 aromatic carbocycles. The first-order valence-corrected chi connectivity index (χ1v) is 30.7. The van der Waals surface area contributed by atoms with Crippen LogP contribution in [0.25, 0.3) is 0 Å². The summed E-state index contributed by atoms with van der Waals surface area (Å²) in [5.41, 5.74) is 0. The van der Waals surface area contributed by atoms with Crippen molar-refractivity contribution in [3.05, 3.63) is 134 Å². The molecule has 6 heteroatoms. The zero-order valence-corrected chi connectivity index (χ0v) is 48.5. The molecule has 0 aliphatic carbocycles. The molecule has 0 radical (unpaired) electrons. The summed E-state index contributed by atoms with van der Waals surface area (Å²) in [5.74, 6) is -0.946. The molecule has 0 bridgehead atoms. The van der Waals surface area contributed by atoms with Gasteiger partial charge in [-0.3, -0.25) is 14.4 Å². The molecule has 0 aliphatic rings. The largest absolute Gasteiger partial charge is 0.462 e. The van der Waals surface area contributed by atoms with Gasteiger partial charge in [0, 0.05) is 19.3 Å². The Bertz CT molecular complexity index is 1620. The van der Waals surface area contributed by atoms with Crippen molar-refractivity contribution in [2.45, 2.75) is 271 Å². The lowest BCUT2D eigenvalue weighted by molar-refractivity contribution is -0.167. The third kappa shape index (κ3) is 60.3. The van der Waals surface area contributed by atoms with Gasteiger partial charge in [0.15, 0.2) is 6.10 Å². The molecule has 0 spiro atoms. The second-order valence-corrected chi connectivity index (χ2v) is 19.9. The standard InChI is InChI=1S/C69H112O6/c1-4-7-10-13-16-19-21-23-25-26-27-28-29-30-31-32-33-34-35-36-37-38-39-40-41-42-44-45-47-50-53-56-59-62-68(71)74-65-66(64-73-67(70)61-58-55-52-49-18-15-12-9-6-3)75-69(72)63-60-57-54-51-48-46-43-24-22-20-17-14-11-8-5-2/h7-8,10-11,16-17,19-20,23-25,27-28,30-31,33-34,36-37,43,48,51,66H,4-6,9,12-15,18,21-22,26,29,32,35,38-42,44-47,49-50,52-65H2,1-3H3/b10-7-,11-8-,19-16-,20-17-,25-23-,28-27-,31-30-,34-33-,37-36-,43-24-,51-48-. The molecule has 0 aromatic rings. The predicted molar refractivity (Wildman–Crippen MR) is 325 cm³/mol. The Labute approximate surface area is 462 Å². The Morgan fingerprint density at radius 2 is 0.520 bits per heavy atom. The molecular weight excluding hydrogens is 925 g/mol. The number of carbonyl (C=O) groups excluding carboxylic acids is 3. The van der Waals surface area contributed by atoms with Crippen molar-refractivity contribution in [3.8, 4) is 0 Å². The van der Waals surface area contributed by atoms with Gasteiger partial charge in [-0.2, -0.15) is 0 Å². The number of allylic oxidation sites excluding steroid dienone is 22. The fraction of sp³-hybridized carbons (Fsp3) is 0.638. The maximum absolute atomic E-state index is 12.8. The van der Waals surface area contributed by atoms with Crippen LogP contribution in [0.5, 0.6) is 0 Å². The molecule has 0 aromatic heterocycles. The third-order valence-corrected chi connectivity index (χ3v) is 12.7. The van der Waals surface area contributed by atoms with E-state index in [9.17, 15) is 14.4 Å². The molecule has 0 heterocycles. The molecule has 0 saturated carbocycles. The fourth-order valence-corrected chi connectivity index (χ4v) is 8.12. The van der Waals surface area contributed by atoms with E-state index in [-0.39, 0.29) is 37.5 Å². The maximum Gasteiger partial charge on any atom is 0.306 e. The summed E-state index contributed by atoms with van der Waals surface area (Å²) in [4.78, 5) is 38.1. The number of esters is 3. The van der Waals surface area contributed by atoms with Gasteiger partial charge in [0.1, 0.15) is 13.2 Å². The quantitative estimate of drug-likeness (QED) is 0.0261. The molecule has 0 saturated heterocycles. The van der Waals surface area contributed by atoms with Crippen LogP contribution in [0, 0.1) is 0 Å². The Morgan fingerprint density at radius 1 is 0.280 bits per heavy atom. The summed E-state index contributed by atoms with van der Waals surface area (Å²) in [6.45, 7) is 6.35. The Hall–Kier alpha value is -4.45. The summed E-state index contributed by atoms with van der Waals surface area (Å²) in [6.07, 6.45) is 87.6. The number of hydrogen-bond acceptors (Lipinski definition) is 6. The number of carbonyl (C=O) groups is 3. The second-order valence-electron chi connectivity index (χ2n) is 19.9. The minimum Gasteiger partial charge on any atom is -0.462 e. The summed E-state index contributed by atoms with van der Waals surface area (Å²) in [7, 11) is 0. The first kappa shape index (κ1) is 70.5. The van der Waals surface area contributed by atoms with Crippen molar-refractivity contribution in [2.24, 2.45) is 0 Å². The highest BCUT2D eigenvalue weighted by Crippen LogP contribution is 2.15. The lowest BCUT2D eigenvalue weighted by Gasteiger charge is -2.18. The molecule has 75 heavy (non-hydrogen) atoms. The van der Waals surface area contributed by atoms with Crippen molar-refractivity contribution in [1.82, 2.24) is 0 Å². The van der Waals surface area contributed by atoms with Crippen LogP contribution >= 0.6 is 0 Å². The van der Waals surface area contributed by atoms with E-state index in [1.165, 1.54) is 96.3 Å². The van der Waals surface area contributed by atoms with E-state index in [1.54, 1.807) is 0 Å². The van der Waals surface area contributed by atoms with Crippen LogP contribution in [0.1, 0.15) is 265 Å². The summed E-state index contributed by atoms with van der Waals surface area (Å²) >= 11 is 0. The molecular formula is C69H112O6. The average molecular weight is 1040 g/mol. The molecule has 0 aliphatic heterocycles. The van der Waals surface area contributed by atoms with E-state index >= 15 is 0 Å². The van der Waals surface area contributed by atoms with E-state index in [2.05, 4.69) is 154 Å². The number of unbranched alkanes of at least 4 members (excludes halogenated alkanes) is 21. The minimum atomic E-state index is -0.802. The van der Waals surface area contributed by atoms with Gasteiger partial charge in [-0.25, -0.2) is 0 Å². The highest BCUT2D eigenvalue weighted by atomic mass is 16.6. The van der Waals surface area contributed by atoms with Gasteiger partial charge in [0.05, 0.1) is 0 Å². The number of rotatable bonds is 54. The molecule has 424 valence electrons. The summed E-state index contributed by atoms with van der Waals surface area (Å²) < 4.78 is 16.8. The topological polar surface area (TPSA) is 78.9 Å². The van der Waals surface area contributed by atoms with E-state index in [0.717, 1.165) is 122 Å². The molecule has 1 unspecified atom stereocenters. The van der Waals surface area contributed by atoms with E-state index < -0.39 is 6.10 Å². The van der Waals surface area contributed by atoms with Crippen LogP contribution in [0.15, 0.2) is 134 Å². The van der Waals surface area contributed by atoms with E-state index in [4.69, 9.17) is 14.2 Å². The van der Waals surface area contributed by atoms with Gasteiger partial charge in [0.25, 0.3) is 0 Å². The highest BCUT2D eigenvalue weighted by molar-refractivity contribution is 5.71. The maximum atomic E-state index is 12.8. The normalized spacial score (nSPS) is 13.1. The van der Waals surface area contributed by atoms with Gasteiger partial charge >= 0.3 is 17.9 Å². The third-order valence-electron chi connectivity index (χ3n) is 12.7. The van der Waals surface area contributed by atoms with Crippen molar-refractivity contribution in [2.75, 3.05) is 13.2 Å². The molecule has 1 atom stereocenters. The van der Waals surface area contributed by atoms with Gasteiger partial charge in [0.2, 0.25) is 0 Å². The van der Waals surface area contributed by atoms with Crippen LogP contribution in [0.3, 0.4) is 0 Å². The molecule has 0 fully saturated rings. The monoisotopic (exact) mass is 1040 g/mol.